The van der Waals surface area contributed by atoms with E-state index in [4.69, 9.17) is 61.6 Å². The highest BCUT2D eigenvalue weighted by Crippen LogP contribution is 2.39. The van der Waals surface area contributed by atoms with Crippen molar-refractivity contribution in [2.75, 3.05) is 26.4 Å². The van der Waals surface area contributed by atoms with Gasteiger partial charge in [-0.1, -0.05) is 0 Å². The second-order valence-electron chi connectivity index (χ2n) is 21.0. The van der Waals surface area contributed by atoms with Gasteiger partial charge in [-0.05, 0) is 20.8 Å². The Morgan fingerprint density at radius 3 is 1.10 bits per heavy atom. The lowest BCUT2D eigenvalue weighted by Gasteiger charge is -2.52. The highest BCUT2D eigenvalue weighted by atomic mass is 16.8. The van der Waals surface area contributed by atoms with E-state index in [0.717, 1.165) is 13.8 Å². The standard InChI is InChI=1S/C46H78N2O33/c1-10-21(55)26(60)30(64)42(69-10)78-36-19(47-13(4)53)40(68)72-17(8-51)34(36)76-45-33(67)38(25(59)16(7-50)73-45)80-41-20(48-14(5)54)37(79-43-31(65)27(61)22(56)11(2)70-43)35(18(9-52)75-41)77-46-39(29(63)24(58)15(6-49)74-46)81-44-32(66)28(62)23(57)12(3)71-44/h10-12,15-46,49-52,55-68H,6-9H2,1-5H3,(H,47,53)(H,48,54)/t10?,11?,12-,15?,16?,17?,18?,19?,20?,21+,22+,23+,24-,25-,26-,27-,28?,29?,30?,31?,32?,33?,34+,35+,36+,37+,38?,39?,40+,41-,42-,43-,44-,45-,46-/m0/s1. The number of aliphatic hydroxyl groups excluding tert-OH is 18. The van der Waals surface area contributed by atoms with Crippen molar-refractivity contribution in [3.63, 3.8) is 0 Å². The number of carbonyl (C=O) groups is 2. The van der Waals surface area contributed by atoms with Gasteiger partial charge in [-0.25, -0.2) is 0 Å². The molecule has 35 nitrogen and oxygen atoms in total. The summed E-state index contributed by atoms with van der Waals surface area (Å²) in [5, 5.41) is 201. The summed E-state index contributed by atoms with van der Waals surface area (Å²) >= 11 is 0. The van der Waals surface area contributed by atoms with Gasteiger partial charge in [-0.15, -0.1) is 0 Å². The van der Waals surface area contributed by atoms with E-state index in [1.165, 1.54) is 20.8 Å². The number of aliphatic hydroxyl groups is 18. The maximum Gasteiger partial charge on any atom is 0.217 e. The molecule has 16 unspecified atom stereocenters. The lowest BCUT2D eigenvalue weighted by Crippen LogP contribution is -2.72. The largest absolute Gasteiger partial charge is 0.394 e. The number of hydrogen-bond donors (Lipinski definition) is 20. The van der Waals surface area contributed by atoms with Crippen LogP contribution in [0, 0.1) is 0 Å². The first-order valence-corrected chi connectivity index (χ1v) is 26.2. The molecule has 0 saturated carbocycles. The molecule has 7 fully saturated rings. The minimum atomic E-state index is -2.30. The van der Waals surface area contributed by atoms with Crippen LogP contribution in [0.15, 0.2) is 0 Å². The van der Waals surface area contributed by atoms with Gasteiger partial charge in [0, 0.05) is 13.8 Å². The summed E-state index contributed by atoms with van der Waals surface area (Å²) in [5.74, 6) is -1.72. The van der Waals surface area contributed by atoms with Crippen LogP contribution in [0.3, 0.4) is 0 Å². The predicted octanol–water partition coefficient (Wildman–Crippen LogP) is -12.9. The molecule has 81 heavy (non-hydrogen) atoms. The molecule has 7 aliphatic heterocycles. The van der Waals surface area contributed by atoms with Gasteiger partial charge in [0.25, 0.3) is 0 Å². The zero-order valence-electron chi connectivity index (χ0n) is 44.2. The molecule has 2 amide bonds. The van der Waals surface area contributed by atoms with Crippen LogP contribution >= 0.6 is 0 Å². The Morgan fingerprint density at radius 1 is 0.321 bits per heavy atom. The molecule has 0 spiro atoms. The van der Waals surface area contributed by atoms with Crippen LogP contribution in [0.25, 0.3) is 0 Å². The van der Waals surface area contributed by atoms with Crippen LogP contribution in [0.2, 0.25) is 0 Å². The lowest BCUT2D eigenvalue weighted by molar-refractivity contribution is -0.401. The van der Waals surface area contributed by atoms with E-state index >= 15 is 0 Å². The highest BCUT2D eigenvalue weighted by Gasteiger charge is 2.60. The number of nitrogens with one attached hydrogen (secondary N) is 2. The normalized spacial score (nSPS) is 51.8. The van der Waals surface area contributed by atoms with E-state index in [0.29, 0.717) is 0 Å². The second kappa shape index (κ2) is 28.0. The number of ether oxygens (including phenoxy) is 13. The van der Waals surface area contributed by atoms with Crippen molar-refractivity contribution in [1.29, 1.82) is 0 Å². The average Bonchev–Trinajstić information content (AvgIpc) is 3.57. The third-order valence-corrected chi connectivity index (χ3v) is 15.2. The first kappa shape index (κ1) is 66.2. The van der Waals surface area contributed by atoms with Crippen LogP contribution in [-0.4, -0.2) is 345 Å². The van der Waals surface area contributed by atoms with E-state index in [-0.39, 0.29) is 0 Å². The van der Waals surface area contributed by atoms with E-state index < -0.39 is 253 Å². The zero-order valence-corrected chi connectivity index (χ0v) is 44.2. The summed E-state index contributed by atoms with van der Waals surface area (Å²) in [6.45, 7) is 1.71. The molecule has 35 atom stereocenters. The molecule has 0 aromatic heterocycles. The monoisotopic (exact) mass is 1190 g/mol. The smallest absolute Gasteiger partial charge is 0.217 e. The van der Waals surface area contributed by atoms with Crippen LogP contribution in [0.1, 0.15) is 34.6 Å². The molecule has 470 valence electrons. The second-order valence-corrected chi connectivity index (χ2v) is 21.0. The molecule has 0 aromatic rings. The minimum absolute atomic E-state index is 0.793. The number of rotatable bonds is 18. The van der Waals surface area contributed by atoms with Crippen LogP contribution in [0.4, 0.5) is 0 Å². The van der Waals surface area contributed by atoms with Crippen molar-refractivity contribution in [2.45, 2.75) is 249 Å². The fraction of sp³-hybridized carbons (Fsp3) is 0.957. The molecule has 20 N–H and O–H groups in total. The molecule has 0 bridgehead atoms. The molecule has 0 aliphatic carbocycles. The van der Waals surface area contributed by atoms with Crippen molar-refractivity contribution in [3.8, 4) is 0 Å². The summed E-state index contributed by atoms with van der Waals surface area (Å²) in [6, 6.07) is -3.58. The van der Waals surface area contributed by atoms with Crippen LogP contribution < -0.4 is 10.6 Å². The van der Waals surface area contributed by atoms with Gasteiger partial charge >= 0.3 is 0 Å². The van der Waals surface area contributed by atoms with Gasteiger partial charge in [0.15, 0.2) is 44.0 Å². The Hall–Kier alpha value is -2.30. The minimum Gasteiger partial charge on any atom is -0.394 e. The van der Waals surface area contributed by atoms with Gasteiger partial charge in [0.05, 0.1) is 44.7 Å². The summed E-state index contributed by atoms with van der Waals surface area (Å²) in [7, 11) is 0. The van der Waals surface area contributed by atoms with Crippen molar-refractivity contribution in [3.05, 3.63) is 0 Å². The van der Waals surface area contributed by atoms with Crippen molar-refractivity contribution in [1.82, 2.24) is 10.6 Å². The first-order chi connectivity index (χ1) is 38.2. The quantitative estimate of drug-likeness (QED) is 0.0606. The SMILES string of the molecule is CC(=O)NC1[C@H](OC2C(O)[C@H](O[C@@H]3C(CO)O[C@@H](O)C(NC(C)=O)[C@H]3O[C@@H]3OC(C)[C@@H](O)[C@H](O)C3O)OC(CO)[C@@H]2O)OC(CO)[C@@H](O[C@@H]2OC(CO)[C@H](O)C(O)C2O[C@@H]2O[C@@H](C)[C@@H](O)C(O)C2O)[C@@H]1O[C@@H]1OC(C)[C@@H](O)[C@H](O)C1O. The summed E-state index contributed by atoms with van der Waals surface area (Å²) in [6.07, 6.45) is -61.9. The van der Waals surface area contributed by atoms with Gasteiger partial charge in [-0.3, -0.25) is 9.59 Å². The van der Waals surface area contributed by atoms with Gasteiger partial charge in [0.2, 0.25) is 11.8 Å². The first-order valence-electron chi connectivity index (χ1n) is 26.2. The third kappa shape index (κ3) is 14.1. The van der Waals surface area contributed by atoms with Gasteiger partial charge in [0.1, 0.15) is 152 Å². The Morgan fingerprint density at radius 2 is 0.654 bits per heavy atom. The molecule has 7 saturated heterocycles. The van der Waals surface area contributed by atoms with E-state index in [1.807, 2.05) is 0 Å². The zero-order chi connectivity index (χ0) is 59.8. The van der Waals surface area contributed by atoms with Gasteiger partial charge < -0.3 is 164 Å². The summed E-state index contributed by atoms with van der Waals surface area (Å²) < 4.78 is 77.2. The van der Waals surface area contributed by atoms with Crippen molar-refractivity contribution < 1.29 is 163 Å². The van der Waals surface area contributed by atoms with E-state index in [1.54, 1.807) is 0 Å². The molecular weight excluding hydrogens is 1110 g/mol. The van der Waals surface area contributed by atoms with Gasteiger partial charge in [-0.2, -0.15) is 0 Å². The van der Waals surface area contributed by atoms with Crippen molar-refractivity contribution in [2.24, 2.45) is 0 Å². The summed E-state index contributed by atoms with van der Waals surface area (Å²) in [5.41, 5.74) is 0. The Bertz CT molecular complexity index is 2010. The molecule has 7 aliphatic rings. The topological polar surface area (TPSA) is 542 Å². The van der Waals surface area contributed by atoms with Crippen LogP contribution in [0.5, 0.6) is 0 Å². The Kier molecular flexibility index (Phi) is 22.9. The Labute approximate surface area is 460 Å². The van der Waals surface area contributed by atoms with E-state index in [2.05, 4.69) is 10.6 Å². The highest BCUT2D eigenvalue weighted by molar-refractivity contribution is 5.73. The maximum atomic E-state index is 13.3. The van der Waals surface area contributed by atoms with Crippen molar-refractivity contribution >= 4 is 11.8 Å². The predicted molar refractivity (Wildman–Crippen MR) is 251 cm³/mol. The molecule has 0 aromatic carbocycles. The summed E-state index contributed by atoms with van der Waals surface area (Å²) in [4.78, 5) is 25.8. The third-order valence-electron chi connectivity index (χ3n) is 15.2. The molecule has 7 rings (SSSR count). The molecule has 0 radical (unpaired) electrons. The lowest BCUT2D eigenvalue weighted by atomic mass is 9.93. The van der Waals surface area contributed by atoms with Crippen LogP contribution in [-0.2, 0) is 71.2 Å². The van der Waals surface area contributed by atoms with E-state index in [9.17, 15) is 102 Å². The molecular formula is C46H78N2O33. The fourth-order valence-electron chi connectivity index (χ4n) is 10.6. The number of amides is 2. The molecule has 35 heteroatoms. The number of carbonyl (C=O) groups excluding carboxylic acids is 2. The number of hydrogen-bond acceptors (Lipinski definition) is 33. The Balaban J connectivity index is 1.24. The maximum absolute atomic E-state index is 13.3. The average molecular weight is 1190 g/mol. The fourth-order valence-corrected chi connectivity index (χ4v) is 10.6. The molecule has 7 heterocycles.